The zero-order chi connectivity index (χ0) is 19.6. The molecule has 6 nitrogen and oxygen atoms in total. The second-order valence-corrected chi connectivity index (χ2v) is 6.68. The highest BCUT2D eigenvalue weighted by Crippen LogP contribution is 2.40. The number of carbonyl (C=O) groups is 1. The predicted octanol–water partition coefficient (Wildman–Crippen LogP) is 4.03. The van der Waals surface area contributed by atoms with E-state index in [9.17, 15) is 4.79 Å². The van der Waals surface area contributed by atoms with Gasteiger partial charge in [-0.05, 0) is 42.0 Å². The molecule has 0 radical (unpaired) electrons. The van der Waals surface area contributed by atoms with Gasteiger partial charge in [0.25, 0.3) is 12.2 Å². The van der Waals surface area contributed by atoms with Crippen LogP contribution in [0.2, 0.25) is 0 Å². The minimum Gasteiger partial charge on any atom is -0.447 e. The first-order valence-corrected chi connectivity index (χ1v) is 9.27. The molecule has 2 aromatic heterocycles. The largest absolute Gasteiger partial charge is 0.447 e. The smallest absolute Gasteiger partial charge is 0.270 e. The first kappa shape index (κ1) is 17.2. The highest BCUT2D eigenvalue weighted by atomic mass is 16.7. The molecule has 0 fully saturated rings. The fourth-order valence-electron chi connectivity index (χ4n) is 3.21. The topological polar surface area (TPSA) is 73.3 Å². The maximum atomic E-state index is 12.5. The van der Waals surface area contributed by atoms with Gasteiger partial charge in [0, 0.05) is 18.3 Å². The normalized spacial score (nSPS) is 14.7. The summed E-state index contributed by atoms with van der Waals surface area (Å²) < 4.78 is 11.8. The number of aromatic nitrogens is 2. The molecule has 29 heavy (non-hydrogen) atoms. The number of hydrogen-bond donors (Lipinski definition) is 1. The molecule has 6 heteroatoms. The second kappa shape index (κ2) is 7.24. The van der Waals surface area contributed by atoms with E-state index in [-0.39, 0.29) is 5.91 Å². The van der Waals surface area contributed by atoms with Crippen LogP contribution in [0.3, 0.4) is 0 Å². The van der Waals surface area contributed by atoms with Crippen molar-refractivity contribution >= 4 is 16.9 Å². The predicted molar refractivity (Wildman–Crippen MR) is 108 cm³/mol. The maximum Gasteiger partial charge on any atom is 0.270 e. The number of nitrogens with one attached hydrogen (secondary N) is 1. The maximum absolute atomic E-state index is 12.5. The molecule has 0 saturated heterocycles. The van der Waals surface area contributed by atoms with Gasteiger partial charge in [0.1, 0.15) is 5.69 Å². The lowest BCUT2D eigenvalue weighted by Crippen LogP contribution is -2.23. The summed E-state index contributed by atoms with van der Waals surface area (Å²) in [6.45, 7) is 0.359. The van der Waals surface area contributed by atoms with E-state index < -0.39 is 6.29 Å². The molecular weight excluding hydrogens is 366 g/mol. The molecule has 1 N–H and O–H groups in total. The lowest BCUT2D eigenvalue weighted by Gasteiger charge is -2.09. The van der Waals surface area contributed by atoms with E-state index in [1.54, 1.807) is 24.4 Å². The van der Waals surface area contributed by atoms with Crippen LogP contribution in [-0.4, -0.2) is 15.9 Å². The molecule has 142 valence electrons. The van der Waals surface area contributed by atoms with Gasteiger partial charge in [-0.2, -0.15) is 0 Å². The van der Waals surface area contributed by atoms with Crippen molar-refractivity contribution in [3.8, 4) is 11.5 Å². The molecule has 0 aliphatic carbocycles. The summed E-state index contributed by atoms with van der Waals surface area (Å²) in [6.07, 6.45) is 1.25. The summed E-state index contributed by atoms with van der Waals surface area (Å²) >= 11 is 0. The first-order valence-electron chi connectivity index (χ1n) is 9.27. The Morgan fingerprint density at radius 2 is 1.76 bits per heavy atom. The SMILES string of the molecule is O=C(NCc1ccc2c(c1)OC(c1ccccc1)O2)c1ccc2ncccc2n1. The molecule has 2 aromatic carbocycles. The van der Waals surface area contributed by atoms with Crippen molar-refractivity contribution in [2.24, 2.45) is 0 Å². The van der Waals surface area contributed by atoms with Crippen LogP contribution in [0.1, 0.15) is 27.9 Å². The molecule has 1 aliphatic heterocycles. The van der Waals surface area contributed by atoms with E-state index in [4.69, 9.17) is 9.47 Å². The third-order valence-electron chi connectivity index (χ3n) is 4.69. The van der Waals surface area contributed by atoms with Gasteiger partial charge in [0.2, 0.25) is 0 Å². The minimum atomic E-state index is -0.452. The molecule has 0 bridgehead atoms. The van der Waals surface area contributed by atoms with Crippen LogP contribution in [0, 0.1) is 0 Å². The van der Waals surface area contributed by atoms with Crippen molar-refractivity contribution in [1.82, 2.24) is 15.3 Å². The lowest BCUT2D eigenvalue weighted by atomic mass is 10.2. The van der Waals surface area contributed by atoms with E-state index in [0.29, 0.717) is 29.3 Å². The van der Waals surface area contributed by atoms with Gasteiger partial charge in [-0.3, -0.25) is 9.78 Å². The number of nitrogens with zero attached hydrogens (tertiary/aromatic N) is 2. The quantitative estimate of drug-likeness (QED) is 0.576. The summed E-state index contributed by atoms with van der Waals surface area (Å²) in [4.78, 5) is 21.1. The molecule has 5 rings (SSSR count). The van der Waals surface area contributed by atoms with Crippen LogP contribution in [0.4, 0.5) is 0 Å². The Hall–Kier alpha value is -3.93. The minimum absolute atomic E-state index is 0.240. The molecule has 3 heterocycles. The molecular formula is C23H17N3O3. The van der Waals surface area contributed by atoms with Gasteiger partial charge in [0.15, 0.2) is 11.5 Å². The number of rotatable bonds is 4. The van der Waals surface area contributed by atoms with Crippen LogP contribution in [0.15, 0.2) is 79.0 Å². The highest BCUT2D eigenvalue weighted by molar-refractivity contribution is 5.94. The van der Waals surface area contributed by atoms with Crippen molar-refractivity contribution in [1.29, 1.82) is 0 Å². The Morgan fingerprint density at radius 3 is 2.66 bits per heavy atom. The van der Waals surface area contributed by atoms with Gasteiger partial charge in [-0.25, -0.2) is 4.98 Å². The average Bonchev–Trinajstić information content (AvgIpc) is 3.21. The van der Waals surface area contributed by atoms with E-state index in [0.717, 1.165) is 16.6 Å². The Bertz CT molecular complexity index is 1190. The fourth-order valence-corrected chi connectivity index (χ4v) is 3.21. The number of pyridine rings is 2. The molecule has 4 aromatic rings. The number of benzene rings is 2. The summed E-state index contributed by atoms with van der Waals surface area (Å²) in [5, 5.41) is 2.90. The van der Waals surface area contributed by atoms with Gasteiger partial charge in [-0.1, -0.05) is 36.4 Å². The summed E-state index contributed by atoms with van der Waals surface area (Å²) in [6, 6.07) is 22.5. The molecule has 1 unspecified atom stereocenters. The average molecular weight is 383 g/mol. The monoisotopic (exact) mass is 383 g/mol. The van der Waals surface area contributed by atoms with Crippen molar-refractivity contribution in [2.75, 3.05) is 0 Å². The second-order valence-electron chi connectivity index (χ2n) is 6.68. The summed E-state index contributed by atoms with van der Waals surface area (Å²) in [7, 11) is 0. The van der Waals surface area contributed by atoms with Crippen molar-refractivity contribution < 1.29 is 14.3 Å². The van der Waals surface area contributed by atoms with Gasteiger partial charge >= 0.3 is 0 Å². The van der Waals surface area contributed by atoms with Gasteiger partial charge in [0.05, 0.1) is 11.0 Å². The Balaban J connectivity index is 1.27. The lowest BCUT2D eigenvalue weighted by molar-refractivity contribution is 0.0487. The standard InChI is InChI=1S/C23H17N3O3/c27-22(19-10-9-17-18(26-19)7-4-12-24-17)25-14-15-8-11-20-21(13-15)29-23(28-20)16-5-2-1-3-6-16/h1-13,23H,14H2,(H,25,27). The van der Waals surface area contributed by atoms with Crippen LogP contribution >= 0.6 is 0 Å². The fraction of sp³-hybridized carbons (Fsp3) is 0.0870. The van der Waals surface area contributed by atoms with Crippen LogP contribution < -0.4 is 14.8 Å². The third kappa shape index (κ3) is 3.48. The Labute approximate surface area is 167 Å². The van der Waals surface area contributed by atoms with Gasteiger partial charge < -0.3 is 14.8 Å². The van der Waals surface area contributed by atoms with E-state index in [1.807, 2.05) is 54.6 Å². The Kier molecular flexibility index (Phi) is 4.29. The molecule has 0 spiro atoms. The zero-order valence-electron chi connectivity index (χ0n) is 15.4. The molecule has 1 amide bonds. The first-order chi connectivity index (χ1) is 14.3. The van der Waals surface area contributed by atoms with E-state index >= 15 is 0 Å². The molecule has 1 aliphatic rings. The van der Waals surface area contributed by atoms with Crippen molar-refractivity contribution in [2.45, 2.75) is 12.8 Å². The van der Waals surface area contributed by atoms with Crippen LogP contribution in [0.25, 0.3) is 11.0 Å². The van der Waals surface area contributed by atoms with Crippen molar-refractivity contribution in [3.63, 3.8) is 0 Å². The van der Waals surface area contributed by atoms with E-state index in [1.165, 1.54) is 0 Å². The molecule has 1 atom stereocenters. The Morgan fingerprint density at radius 1 is 0.897 bits per heavy atom. The zero-order valence-corrected chi connectivity index (χ0v) is 15.4. The van der Waals surface area contributed by atoms with E-state index in [2.05, 4.69) is 15.3 Å². The van der Waals surface area contributed by atoms with Crippen LogP contribution in [0.5, 0.6) is 11.5 Å². The number of amides is 1. The number of ether oxygens (including phenoxy) is 2. The highest BCUT2D eigenvalue weighted by Gasteiger charge is 2.25. The number of fused-ring (bicyclic) bond motifs is 2. The number of carbonyl (C=O) groups excluding carboxylic acids is 1. The number of hydrogen-bond acceptors (Lipinski definition) is 5. The molecule has 0 saturated carbocycles. The third-order valence-corrected chi connectivity index (χ3v) is 4.69. The summed E-state index contributed by atoms with van der Waals surface area (Å²) in [5.41, 5.74) is 3.67. The van der Waals surface area contributed by atoms with Crippen LogP contribution in [-0.2, 0) is 6.54 Å². The van der Waals surface area contributed by atoms with Crippen molar-refractivity contribution in [3.05, 3.63) is 95.8 Å². The summed E-state index contributed by atoms with van der Waals surface area (Å²) in [5.74, 6) is 1.12. The van der Waals surface area contributed by atoms with Gasteiger partial charge in [-0.15, -0.1) is 0 Å².